The molecule has 5 nitrogen and oxygen atoms in total. The maximum atomic E-state index is 12.3. The van der Waals surface area contributed by atoms with Crippen molar-refractivity contribution in [3.05, 3.63) is 0 Å². The maximum absolute atomic E-state index is 12.3. The lowest BCUT2D eigenvalue weighted by Gasteiger charge is -2.38. The zero-order valence-electron chi connectivity index (χ0n) is 13.6. The molecule has 0 aromatic heterocycles. The molecule has 5 heteroatoms. The summed E-state index contributed by atoms with van der Waals surface area (Å²) in [5.41, 5.74) is -0.249. The van der Waals surface area contributed by atoms with E-state index in [1.54, 1.807) is 27.7 Å². The number of hydrogen-bond donors (Lipinski definition) is 1. The van der Waals surface area contributed by atoms with Gasteiger partial charge in [0.25, 0.3) is 0 Å². The normalized spacial score (nSPS) is 20.2. The lowest BCUT2D eigenvalue weighted by molar-refractivity contribution is -0.135. The summed E-state index contributed by atoms with van der Waals surface area (Å²) >= 11 is 0. The van der Waals surface area contributed by atoms with Crippen LogP contribution in [0.3, 0.4) is 0 Å². The molecule has 1 rings (SSSR count). The summed E-state index contributed by atoms with van der Waals surface area (Å²) < 4.78 is 5.16. The van der Waals surface area contributed by atoms with Gasteiger partial charge in [-0.2, -0.15) is 0 Å². The summed E-state index contributed by atoms with van der Waals surface area (Å²) in [6.07, 6.45) is 1.45. The van der Waals surface area contributed by atoms with E-state index in [2.05, 4.69) is 19.2 Å². The van der Waals surface area contributed by atoms with Gasteiger partial charge in [0.1, 0.15) is 11.6 Å². The number of carbonyl (C=O) groups excluding carboxylic acids is 2. The molecule has 0 bridgehead atoms. The van der Waals surface area contributed by atoms with Gasteiger partial charge in [0.2, 0.25) is 5.91 Å². The summed E-state index contributed by atoms with van der Waals surface area (Å²) in [7, 11) is 0. The molecule has 1 heterocycles. The Morgan fingerprint density at radius 2 is 1.70 bits per heavy atom. The summed E-state index contributed by atoms with van der Waals surface area (Å²) in [6, 6.07) is -0.550. The van der Waals surface area contributed by atoms with Crippen LogP contribution in [-0.4, -0.2) is 41.6 Å². The van der Waals surface area contributed by atoms with E-state index in [1.165, 1.54) is 0 Å². The van der Waals surface area contributed by atoms with Crippen molar-refractivity contribution in [2.45, 2.75) is 66.0 Å². The average molecular weight is 284 g/mol. The van der Waals surface area contributed by atoms with Crippen LogP contribution in [-0.2, 0) is 9.53 Å². The number of nitrogens with zero attached hydrogens (tertiary/aromatic N) is 1. The number of hydrogen-bond acceptors (Lipinski definition) is 3. The Labute approximate surface area is 122 Å². The highest BCUT2D eigenvalue weighted by atomic mass is 16.6. The summed E-state index contributed by atoms with van der Waals surface area (Å²) in [5, 5.41) is 2.60. The molecule has 1 aliphatic rings. The first-order valence-corrected chi connectivity index (χ1v) is 7.28. The average Bonchev–Trinajstić information content (AvgIpc) is 2.25. The van der Waals surface area contributed by atoms with Crippen molar-refractivity contribution in [2.24, 2.45) is 5.41 Å². The number of likely N-dealkylation sites (tertiary alicyclic amines) is 1. The van der Waals surface area contributed by atoms with Crippen LogP contribution < -0.4 is 5.32 Å². The van der Waals surface area contributed by atoms with Gasteiger partial charge in [-0.05, 0) is 46.0 Å². The Morgan fingerprint density at radius 1 is 1.20 bits per heavy atom. The van der Waals surface area contributed by atoms with Crippen molar-refractivity contribution >= 4 is 12.0 Å². The molecule has 1 fully saturated rings. The lowest BCUT2D eigenvalue weighted by Crippen LogP contribution is -2.51. The molecule has 1 unspecified atom stereocenters. The predicted molar refractivity (Wildman–Crippen MR) is 78.4 cm³/mol. The summed E-state index contributed by atoms with van der Waals surface area (Å²) in [4.78, 5) is 25.7. The van der Waals surface area contributed by atoms with Crippen LogP contribution >= 0.6 is 0 Å². The first-order chi connectivity index (χ1) is 9.00. The van der Waals surface area contributed by atoms with Gasteiger partial charge in [0, 0.05) is 13.1 Å². The second-order valence-corrected chi connectivity index (χ2v) is 7.36. The Hall–Kier alpha value is -1.26. The van der Waals surface area contributed by atoms with Crippen molar-refractivity contribution < 1.29 is 14.3 Å². The monoisotopic (exact) mass is 284 g/mol. The van der Waals surface area contributed by atoms with Crippen LogP contribution in [0.1, 0.15) is 54.4 Å². The van der Waals surface area contributed by atoms with Crippen molar-refractivity contribution in [1.29, 1.82) is 0 Å². The highest BCUT2D eigenvalue weighted by molar-refractivity contribution is 5.85. The highest BCUT2D eigenvalue weighted by Crippen LogP contribution is 2.29. The van der Waals surface area contributed by atoms with Gasteiger partial charge < -0.3 is 15.0 Å². The van der Waals surface area contributed by atoms with E-state index in [0.29, 0.717) is 5.41 Å². The standard InChI is InChI=1S/C15H28N2O3/c1-11(16-13(19)20-14(2,3)4)12(18)17-9-7-15(5,6)8-10-17/h11H,7-10H2,1-6H3,(H,16,19). The molecule has 0 aliphatic carbocycles. The molecule has 1 N–H and O–H groups in total. The van der Waals surface area contributed by atoms with Gasteiger partial charge in [-0.1, -0.05) is 13.8 Å². The molecule has 1 atom stereocenters. The fourth-order valence-corrected chi connectivity index (χ4v) is 2.15. The molecule has 0 aromatic carbocycles. The van der Waals surface area contributed by atoms with E-state index in [9.17, 15) is 9.59 Å². The van der Waals surface area contributed by atoms with E-state index in [-0.39, 0.29) is 5.91 Å². The maximum Gasteiger partial charge on any atom is 0.408 e. The number of alkyl carbamates (subject to hydrolysis) is 1. The number of carbonyl (C=O) groups is 2. The van der Waals surface area contributed by atoms with Crippen LogP contribution in [0.25, 0.3) is 0 Å². The van der Waals surface area contributed by atoms with Crippen molar-refractivity contribution in [2.75, 3.05) is 13.1 Å². The Bertz CT molecular complexity index is 362. The predicted octanol–water partition coefficient (Wildman–Crippen LogP) is 2.55. The van der Waals surface area contributed by atoms with Gasteiger partial charge in [-0.25, -0.2) is 4.79 Å². The number of ether oxygens (including phenoxy) is 1. The third kappa shape index (κ3) is 5.39. The van der Waals surface area contributed by atoms with Crippen LogP contribution in [0.5, 0.6) is 0 Å². The van der Waals surface area contributed by atoms with E-state index in [1.807, 2.05) is 4.90 Å². The topological polar surface area (TPSA) is 58.6 Å². The molecule has 1 aliphatic heterocycles. The van der Waals surface area contributed by atoms with Crippen molar-refractivity contribution in [3.8, 4) is 0 Å². The molecule has 0 saturated carbocycles. The van der Waals surface area contributed by atoms with E-state index in [0.717, 1.165) is 25.9 Å². The van der Waals surface area contributed by atoms with Crippen LogP contribution in [0.4, 0.5) is 4.79 Å². The minimum absolute atomic E-state index is 0.0358. The third-order valence-corrected chi connectivity index (χ3v) is 3.53. The number of nitrogens with one attached hydrogen (secondary N) is 1. The third-order valence-electron chi connectivity index (χ3n) is 3.53. The smallest absolute Gasteiger partial charge is 0.408 e. The second kappa shape index (κ2) is 6.02. The van der Waals surface area contributed by atoms with Gasteiger partial charge >= 0.3 is 6.09 Å². The molecular weight excluding hydrogens is 256 g/mol. The Balaban J connectivity index is 2.46. The molecule has 20 heavy (non-hydrogen) atoms. The van der Waals surface area contributed by atoms with E-state index < -0.39 is 17.7 Å². The zero-order valence-corrected chi connectivity index (χ0v) is 13.6. The molecule has 1 saturated heterocycles. The second-order valence-electron chi connectivity index (χ2n) is 7.36. The van der Waals surface area contributed by atoms with Crippen molar-refractivity contribution in [1.82, 2.24) is 10.2 Å². The minimum atomic E-state index is -0.554. The molecule has 116 valence electrons. The largest absolute Gasteiger partial charge is 0.444 e. The quantitative estimate of drug-likeness (QED) is 0.847. The Morgan fingerprint density at radius 3 is 2.15 bits per heavy atom. The minimum Gasteiger partial charge on any atom is -0.444 e. The zero-order chi connectivity index (χ0) is 15.6. The van der Waals surface area contributed by atoms with Gasteiger partial charge in [-0.15, -0.1) is 0 Å². The van der Waals surface area contributed by atoms with Gasteiger partial charge in [-0.3, -0.25) is 4.79 Å². The van der Waals surface area contributed by atoms with E-state index >= 15 is 0 Å². The lowest BCUT2D eigenvalue weighted by atomic mass is 9.82. The van der Waals surface area contributed by atoms with Crippen LogP contribution in [0, 0.1) is 5.41 Å². The fraction of sp³-hybridized carbons (Fsp3) is 0.867. The highest BCUT2D eigenvalue weighted by Gasteiger charge is 2.30. The van der Waals surface area contributed by atoms with Gasteiger partial charge in [0.15, 0.2) is 0 Å². The van der Waals surface area contributed by atoms with Crippen LogP contribution in [0.15, 0.2) is 0 Å². The molecule has 0 radical (unpaired) electrons. The first-order valence-electron chi connectivity index (χ1n) is 7.28. The molecular formula is C15H28N2O3. The summed E-state index contributed by atoms with van der Waals surface area (Å²) in [5.74, 6) is -0.0358. The van der Waals surface area contributed by atoms with Gasteiger partial charge in [0.05, 0.1) is 0 Å². The Kier molecular flexibility index (Phi) is 5.05. The molecule has 2 amide bonds. The fourth-order valence-electron chi connectivity index (χ4n) is 2.15. The molecule has 0 spiro atoms. The number of piperidine rings is 1. The van der Waals surface area contributed by atoms with Crippen molar-refractivity contribution in [3.63, 3.8) is 0 Å². The first kappa shape index (κ1) is 16.8. The van der Waals surface area contributed by atoms with Crippen LogP contribution in [0.2, 0.25) is 0 Å². The number of rotatable bonds is 2. The SMILES string of the molecule is CC(NC(=O)OC(C)(C)C)C(=O)N1CCC(C)(C)CC1. The summed E-state index contributed by atoms with van der Waals surface area (Å²) in [6.45, 7) is 13.0. The molecule has 0 aromatic rings. The van der Waals surface area contributed by atoms with E-state index in [4.69, 9.17) is 4.74 Å². The number of amides is 2.